The summed E-state index contributed by atoms with van der Waals surface area (Å²) >= 11 is 0. The minimum absolute atomic E-state index is 0.0232. The highest BCUT2D eigenvalue weighted by molar-refractivity contribution is 5.21. The summed E-state index contributed by atoms with van der Waals surface area (Å²) in [5.74, 6) is 1.33. The SMILES string of the molecule is C[C@@H]1C[C@@H](C)CN(CCn2cc(C#N)c(=O)[nH]c2=O)C1. The Morgan fingerprint density at radius 3 is 2.55 bits per heavy atom. The third-order valence-electron chi connectivity index (χ3n) is 3.73. The zero-order valence-corrected chi connectivity index (χ0v) is 11.9. The molecule has 6 nitrogen and oxygen atoms in total. The summed E-state index contributed by atoms with van der Waals surface area (Å²) in [6, 6.07) is 1.80. The first kappa shape index (κ1) is 14.5. The molecular formula is C14H20N4O2. The molecular weight excluding hydrogens is 256 g/mol. The Labute approximate surface area is 117 Å². The van der Waals surface area contributed by atoms with Gasteiger partial charge >= 0.3 is 5.69 Å². The summed E-state index contributed by atoms with van der Waals surface area (Å²) in [5, 5.41) is 8.82. The van der Waals surface area contributed by atoms with Crippen LogP contribution in [0.4, 0.5) is 0 Å². The molecule has 0 aromatic carbocycles. The molecule has 0 aliphatic carbocycles. The lowest BCUT2D eigenvalue weighted by atomic mass is 9.92. The molecule has 0 spiro atoms. The number of likely N-dealkylation sites (tertiary alicyclic amines) is 1. The molecule has 6 heteroatoms. The van der Waals surface area contributed by atoms with Crippen LogP contribution in [-0.4, -0.2) is 34.1 Å². The van der Waals surface area contributed by atoms with Crippen LogP contribution in [0.3, 0.4) is 0 Å². The van der Waals surface area contributed by atoms with Crippen LogP contribution in [0.2, 0.25) is 0 Å². The van der Waals surface area contributed by atoms with Crippen molar-refractivity contribution in [2.24, 2.45) is 11.8 Å². The van der Waals surface area contributed by atoms with E-state index in [-0.39, 0.29) is 5.56 Å². The minimum atomic E-state index is -0.617. The minimum Gasteiger partial charge on any atom is -0.301 e. The second-order valence-corrected chi connectivity index (χ2v) is 5.81. The summed E-state index contributed by atoms with van der Waals surface area (Å²) in [7, 11) is 0. The Balaban J connectivity index is 2.06. The highest BCUT2D eigenvalue weighted by Crippen LogP contribution is 2.20. The van der Waals surface area contributed by atoms with Crippen molar-refractivity contribution in [3.8, 4) is 6.07 Å². The average Bonchev–Trinajstić information content (AvgIpc) is 2.36. The second kappa shape index (κ2) is 6.06. The first-order valence-corrected chi connectivity index (χ1v) is 6.95. The molecule has 1 fully saturated rings. The fourth-order valence-electron chi connectivity index (χ4n) is 2.98. The van der Waals surface area contributed by atoms with Gasteiger partial charge in [0.15, 0.2) is 0 Å². The summed E-state index contributed by atoms with van der Waals surface area (Å²) in [5.41, 5.74) is -1.09. The Kier molecular flexibility index (Phi) is 4.40. The predicted octanol–water partition coefficient (Wildman–Crippen LogP) is 0.386. The average molecular weight is 276 g/mol. The standard InChI is InChI=1S/C14H20N4O2/c1-10-5-11(2)8-17(7-10)3-4-18-9-12(6-15)13(19)16-14(18)20/h9-11H,3-5,7-8H2,1-2H3,(H,16,19,20)/t10-,11-/m1/s1. The van der Waals surface area contributed by atoms with Crippen LogP contribution in [0.25, 0.3) is 0 Å². The maximum atomic E-state index is 11.7. The van der Waals surface area contributed by atoms with E-state index >= 15 is 0 Å². The van der Waals surface area contributed by atoms with E-state index in [1.54, 1.807) is 6.07 Å². The van der Waals surface area contributed by atoms with E-state index in [4.69, 9.17) is 5.26 Å². The monoisotopic (exact) mass is 276 g/mol. The fourth-order valence-corrected chi connectivity index (χ4v) is 2.98. The smallest absolute Gasteiger partial charge is 0.301 e. The summed E-state index contributed by atoms with van der Waals surface area (Å²) in [6.45, 7) is 7.79. The van der Waals surface area contributed by atoms with Crippen molar-refractivity contribution in [2.75, 3.05) is 19.6 Å². The van der Waals surface area contributed by atoms with E-state index in [9.17, 15) is 9.59 Å². The van der Waals surface area contributed by atoms with Crippen LogP contribution in [0.15, 0.2) is 15.8 Å². The normalized spacial score (nSPS) is 23.4. The van der Waals surface area contributed by atoms with Gasteiger partial charge in [-0.3, -0.25) is 14.3 Å². The van der Waals surface area contributed by atoms with Crippen molar-refractivity contribution in [1.29, 1.82) is 5.26 Å². The van der Waals surface area contributed by atoms with Gasteiger partial charge in [-0.25, -0.2) is 4.79 Å². The van der Waals surface area contributed by atoms with Crippen LogP contribution in [0, 0.1) is 23.2 Å². The molecule has 2 atom stereocenters. The molecule has 0 bridgehead atoms. The van der Waals surface area contributed by atoms with E-state index in [1.165, 1.54) is 17.2 Å². The molecule has 2 rings (SSSR count). The number of nitrogens with one attached hydrogen (secondary N) is 1. The van der Waals surface area contributed by atoms with Crippen molar-refractivity contribution in [2.45, 2.75) is 26.8 Å². The third kappa shape index (κ3) is 3.36. The van der Waals surface area contributed by atoms with Gasteiger partial charge in [0.2, 0.25) is 0 Å². The van der Waals surface area contributed by atoms with E-state index < -0.39 is 11.2 Å². The lowest BCUT2D eigenvalue weighted by molar-refractivity contribution is 0.136. The molecule has 1 aliphatic rings. The van der Waals surface area contributed by atoms with Crippen molar-refractivity contribution in [3.05, 3.63) is 32.6 Å². The fraction of sp³-hybridized carbons (Fsp3) is 0.643. The largest absolute Gasteiger partial charge is 0.328 e. The molecule has 2 heterocycles. The van der Waals surface area contributed by atoms with E-state index in [0.29, 0.717) is 18.4 Å². The topological polar surface area (TPSA) is 81.9 Å². The van der Waals surface area contributed by atoms with Crippen molar-refractivity contribution in [1.82, 2.24) is 14.5 Å². The Morgan fingerprint density at radius 1 is 1.30 bits per heavy atom. The summed E-state index contributed by atoms with van der Waals surface area (Å²) < 4.78 is 1.41. The van der Waals surface area contributed by atoms with Gasteiger partial charge in [0.1, 0.15) is 11.6 Å². The lowest BCUT2D eigenvalue weighted by Crippen LogP contribution is -2.42. The molecule has 1 aromatic heterocycles. The highest BCUT2D eigenvalue weighted by Gasteiger charge is 2.21. The van der Waals surface area contributed by atoms with Gasteiger partial charge in [0, 0.05) is 32.4 Å². The number of rotatable bonds is 3. The molecule has 0 radical (unpaired) electrons. The van der Waals surface area contributed by atoms with E-state index in [0.717, 1.165) is 19.6 Å². The molecule has 108 valence electrons. The van der Waals surface area contributed by atoms with Crippen molar-refractivity contribution < 1.29 is 0 Å². The van der Waals surface area contributed by atoms with Crippen molar-refractivity contribution >= 4 is 0 Å². The van der Waals surface area contributed by atoms with Crippen LogP contribution >= 0.6 is 0 Å². The number of nitrogens with zero attached hydrogens (tertiary/aromatic N) is 3. The maximum Gasteiger partial charge on any atom is 0.328 e. The molecule has 0 saturated carbocycles. The molecule has 20 heavy (non-hydrogen) atoms. The van der Waals surface area contributed by atoms with Crippen LogP contribution in [0.1, 0.15) is 25.8 Å². The lowest BCUT2D eigenvalue weighted by Gasteiger charge is -2.34. The van der Waals surface area contributed by atoms with Gasteiger partial charge < -0.3 is 4.90 Å². The summed E-state index contributed by atoms with van der Waals surface area (Å²) in [4.78, 5) is 27.5. The maximum absolute atomic E-state index is 11.7. The molecule has 0 unspecified atom stereocenters. The Morgan fingerprint density at radius 2 is 1.95 bits per heavy atom. The number of aromatic amines is 1. The third-order valence-corrected chi connectivity index (χ3v) is 3.73. The first-order chi connectivity index (χ1) is 9.49. The number of H-pyrrole nitrogens is 1. The number of hydrogen-bond acceptors (Lipinski definition) is 4. The predicted molar refractivity (Wildman–Crippen MR) is 75.4 cm³/mol. The summed E-state index contributed by atoms with van der Waals surface area (Å²) in [6.07, 6.45) is 2.59. The molecule has 1 aliphatic heterocycles. The Bertz CT molecular complexity index is 615. The van der Waals surface area contributed by atoms with Crippen molar-refractivity contribution in [3.63, 3.8) is 0 Å². The molecule has 1 aromatic rings. The van der Waals surface area contributed by atoms with Gasteiger partial charge in [0.25, 0.3) is 5.56 Å². The van der Waals surface area contributed by atoms with Gasteiger partial charge in [-0.05, 0) is 18.3 Å². The first-order valence-electron chi connectivity index (χ1n) is 6.95. The van der Waals surface area contributed by atoms with E-state index in [1.807, 2.05) is 0 Å². The van der Waals surface area contributed by atoms with Crippen LogP contribution in [-0.2, 0) is 6.54 Å². The quantitative estimate of drug-likeness (QED) is 0.865. The van der Waals surface area contributed by atoms with Crippen LogP contribution in [0.5, 0.6) is 0 Å². The number of nitriles is 1. The number of hydrogen-bond donors (Lipinski definition) is 1. The van der Waals surface area contributed by atoms with Gasteiger partial charge in [-0.2, -0.15) is 5.26 Å². The van der Waals surface area contributed by atoms with Gasteiger partial charge in [0.05, 0.1) is 0 Å². The Hall–Kier alpha value is -1.87. The number of aromatic nitrogens is 2. The molecule has 1 saturated heterocycles. The van der Waals surface area contributed by atoms with E-state index in [2.05, 4.69) is 23.7 Å². The highest BCUT2D eigenvalue weighted by atomic mass is 16.2. The number of piperidine rings is 1. The van der Waals surface area contributed by atoms with Gasteiger partial charge in [-0.1, -0.05) is 13.8 Å². The van der Waals surface area contributed by atoms with Gasteiger partial charge in [-0.15, -0.1) is 0 Å². The van der Waals surface area contributed by atoms with Crippen LogP contribution < -0.4 is 11.2 Å². The molecule has 1 N–H and O–H groups in total. The zero-order valence-electron chi connectivity index (χ0n) is 11.9. The second-order valence-electron chi connectivity index (χ2n) is 5.81. The zero-order chi connectivity index (χ0) is 14.7. The molecule has 0 amide bonds.